The minimum atomic E-state index is -4.63. The lowest BCUT2D eigenvalue weighted by Crippen LogP contribution is -2.19. The predicted octanol–water partition coefficient (Wildman–Crippen LogP) is 2.93. The van der Waals surface area contributed by atoms with Gasteiger partial charge in [-0.1, -0.05) is 12.1 Å². The quantitative estimate of drug-likeness (QED) is 0.800. The second-order valence-corrected chi connectivity index (χ2v) is 4.71. The Kier molecular flexibility index (Phi) is 3.98. The van der Waals surface area contributed by atoms with Crippen molar-refractivity contribution >= 4 is 11.6 Å². The lowest BCUT2D eigenvalue weighted by Gasteiger charge is -2.13. The highest BCUT2D eigenvalue weighted by Gasteiger charge is 2.34. The van der Waals surface area contributed by atoms with Gasteiger partial charge in [0.25, 0.3) is 5.91 Å². The van der Waals surface area contributed by atoms with Crippen LogP contribution >= 0.6 is 0 Å². The third-order valence-corrected chi connectivity index (χ3v) is 3.15. The number of anilines is 1. The molecule has 1 aromatic carbocycles. The van der Waals surface area contributed by atoms with Crippen molar-refractivity contribution in [3.63, 3.8) is 0 Å². The highest BCUT2D eigenvalue weighted by molar-refractivity contribution is 6.06. The number of nitrogens with one attached hydrogen (secondary N) is 1. The molecule has 0 aliphatic heterocycles. The monoisotopic (exact) mass is 333 g/mol. The van der Waals surface area contributed by atoms with E-state index in [0.717, 1.165) is 12.1 Å². The maximum atomic E-state index is 13.0. The van der Waals surface area contributed by atoms with Crippen LogP contribution in [0.4, 0.5) is 18.9 Å². The van der Waals surface area contributed by atoms with Gasteiger partial charge in [0, 0.05) is 6.20 Å². The summed E-state index contributed by atoms with van der Waals surface area (Å²) in [7, 11) is 0. The number of benzene rings is 1. The summed E-state index contributed by atoms with van der Waals surface area (Å²) in [4.78, 5) is 20.2. The van der Waals surface area contributed by atoms with Crippen molar-refractivity contribution in [2.24, 2.45) is 0 Å². The molecule has 2 aromatic heterocycles. The molecule has 3 aromatic rings. The van der Waals surface area contributed by atoms with E-state index in [1.54, 1.807) is 6.07 Å². The number of nitrogens with zero attached hydrogens (tertiary/aromatic N) is 4. The zero-order chi connectivity index (χ0) is 17.2. The van der Waals surface area contributed by atoms with E-state index in [4.69, 9.17) is 0 Å². The average Bonchev–Trinajstić information content (AvgIpc) is 3.09. The van der Waals surface area contributed by atoms with Gasteiger partial charge in [-0.05, 0) is 24.3 Å². The number of carbonyl (C=O) groups excluding carboxylic acids is 1. The molecule has 3 rings (SSSR count). The highest BCUT2D eigenvalue weighted by Crippen LogP contribution is 2.32. The molecule has 2 heterocycles. The van der Waals surface area contributed by atoms with E-state index in [9.17, 15) is 18.0 Å². The molecule has 1 N–H and O–H groups in total. The van der Waals surface area contributed by atoms with Gasteiger partial charge in [-0.2, -0.15) is 18.3 Å². The van der Waals surface area contributed by atoms with Crippen molar-refractivity contribution in [3.8, 4) is 5.82 Å². The standard InChI is InChI=1S/C15H10F3N5O/c16-15(17,18)11-5-2-1-4-10(11)14(24)22-12-6-3-7-20-13(12)23-9-19-8-21-23/h1-9H,(H,22,24). The Hall–Kier alpha value is -3.23. The first-order chi connectivity index (χ1) is 11.5. The SMILES string of the molecule is O=C(Nc1cccnc1-n1cncn1)c1ccccc1C(F)(F)F. The summed E-state index contributed by atoms with van der Waals surface area (Å²) in [5.74, 6) is -0.648. The third-order valence-electron chi connectivity index (χ3n) is 3.15. The number of hydrogen-bond donors (Lipinski definition) is 1. The summed E-state index contributed by atoms with van der Waals surface area (Å²) in [6, 6.07) is 7.63. The van der Waals surface area contributed by atoms with Gasteiger partial charge in [0.05, 0.1) is 16.8 Å². The van der Waals surface area contributed by atoms with Gasteiger partial charge in [0.15, 0.2) is 5.82 Å². The molecule has 0 spiro atoms. The Morgan fingerprint density at radius 2 is 1.92 bits per heavy atom. The fourth-order valence-electron chi connectivity index (χ4n) is 2.11. The third kappa shape index (κ3) is 3.09. The van der Waals surface area contributed by atoms with Crippen LogP contribution in [0.25, 0.3) is 5.82 Å². The summed E-state index contributed by atoms with van der Waals surface area (Å²) in [6.07, 6.45) is -0.519. The number of alkyl halides is 3. The van der Waals surface area contributed by atoms with Gasteiger partial charge in [0.2, 0.25) is 0 Å². The van der Waals surface area contributed by atoms with E-state index < -0.39 is 23.2 Å². The number of carbonyl (C=O) groups is 1. The molecule has 24 heavy (non-hydrogen) atoms. The van der Waals surface area contributed by atoms with Crippen molar-refractivity contribution in [3.05, 3.63) is 66.4 Å². The molecule has 0 fully saturated rings. The molecule has 0 atom stereocenters. The van der Waals surface area contributed by atoms with Gasteiger partial charge in [-0.25, -0.2) is 14.6 Å². The maximum absolute atomic E-state index is 13.0. The largest absolute Gasteiger partial charge is 0.417 e. The lowest BCUT2D eigenvalue weighted by molar-refractivity contribution is -0.137. The van der Waals surface area contributed by atoms with E-state index in [1.807, 2.05) is 0 Å². The molecule has 0 unspecified atom stereocenters. The Balaban J connectivity index is 1.95. The first kappa shape index (κ1) is 15.7. The van der Waals surface area contributed by atoms with E-state index in [2.05, 4.69) is 20.4 Å². The van der Waals surface area contributed by atoms with E-state index in [1.165, 1.54) is 41.7 Å². The van der Waals surface area contributed by atoms with Crippen molar-refractivity contribution in [1.82, 2.24) is 19.7 Å². The van der Waals surface area contributed by atoms with Crippen LogP contribution in [-0.4, -0.2) is 25.7 Å². The number of rotatable bonds is 3. The summed E-state index contributed by atoms with van der Waals surface area (Å²) in [5.41, 5.74) is -1.27. The Bertz CT molecular complexity index is 862. The number of amides is 1. The van der Waals surface area contributed by atoms with E-state index in [0.29, 0.717) is 0 Å². The first-order valence-electron chi connectivity index (χ1n) is 6.74. The number of aromatic nitrogens is 4. The molecule has 0 saturated heterocycles. The fourth-order valence-corrected chi connectivity index (χ4v) is 2.11. The molecule has 6 nitrogen and oxygen atoms in total. The summed E-state index contributed by atoms with van der Waals surface area (Å²) in [5, 5.41) is 6.33. The normalized spacial score (nSPS) is 11.3. The molecule has 0 saturated carbocycles. The van der Waals surface area contributed by atoms with Crippen LogP contribution in [0.2, 0.25) is 0 Å². The van der Waals surface area contributed by atoms with Crippen LogP contribution in [-0.2, 0) is 6.18 Å². The minimum absolute atomic E-state index is 0.213. The van der Waals surface area contributed by atoms with Crippen molar-refractivity contribution < 1.29 is 18.0 Å². The van der Waals surface area contributed by atoms with Crippen molar-refractivity contribution in [2.45, 2.75) is 6.18 Å². The second-order valence-electron chi connectivity index (χ2n) is 4.71. The van der Waals surface area contributed by atoms with Crippen molar-refractivity contribution in [1.29, 1.82) is 0 Å². The van der Waals surface area contributed by atoms with Gasteiger partial charge < -0.3 is 5.32 Å². The fraction of sp³-hybridized carbons (Fsp3) is 0.0667. The Labute approximate surface area is 134 Å². The average molecular weight is 333 g/mol. The van der Waals surface area contributed by atoms with Crippen molar-refractivity contribution in [2.75, 3.05) is 5.32 Å². The molecule has 122 valence electrons. The van der Waals surface area contributed by atoms with Crippen LogP contribution in [0.15, 0.2) is 55.2 Å². The summed E-state index contributed by atoms with van der Waals surface area (Å²) in [6.45, 7) is 0. The number of hydrogen-bond acceptors (Lipinski definition) is 4. The molecule has 0 aliphatic rings. The zero-order valence-corrected chi connectivity index (χ0v) is 12.0. The van der Waals surface area contributed by atoms with Crippen LogP contribution in [0.1, 0.15) is 15.9 Å². The number of pyridine rings is 1. The van der Waals surface area contributed by atoms with Crippen LogP contribution < -0.4 is 5.32 Å². The van der Waals surface area contributed by atoms with Gasteiger partial charge in [-0.3, -0.25) is 4.79 Å². The molecular weight excluding hydrogens is 323 g/mol. The molecule has 1 amide bonds. The topological polar surface area (TPSA) is 72.7 Å². The smallest absolute Gasteiger partial charge is 0.319 e. The van der Waals surface area contributed by atoms with Crippen LogP contribution in [0.3, 0.4) is 0 Å². The molecule has 0 radical (unpaired) electrons. The summed E-state index contributed by atoms with van der Waals surface area (Å²) < 4.78 is 40.4. The zero-order valence-electron chi connectivity index (χ0n) is 12.0. The maximum Gasteiger partial charge on any atom is 0.417 e. The number of halogens is 3. The first-order valence-corrected chi connectivity index (χ1v) is 6.74. The molecular formula is C15H10F3N5O. The van der Waals surface area contributed by atoms with E-state index >= 15 is 0 Å². The summed E-state index contributed by atoms with van der Waals surface area (Å²) >= 11 is 0. The van der Waals surface area contributed by atoms with Gasteiger partial charge in [-0.15, -0.1) is 0 Å². The predicted molar refractivity (Wildman–Crippen MR) is 78.6 cm³/mol. The second kappa shape index (κ2) is 6.11. The minimum Gasteiger partial charge on any atom is -0.319 e. The van der Waals surface area contributed by atoms with E-state index in [-0.39, 0.29) is 11.5 Å². The van der Waals surface area contributed by atoms with Gasteiger partial charge >= 0.3 is 6.18 Å². The Morgan fingerprint density at radius 3 is 2.62 bits per heavy atom. The lowest BCUT2D eigenvalue weighted by atomic mass is 10.1. The highest BCUT2D eigenvalue weighted by atomic mass is 19.4. The molecule has 9 heteroatoms. The molecule has 0 bridgehead atoms. The van der Waals surface area contributed by atoms with Crippen LogP contribution in [0, 0.1) is 0 Å². The molecule has 0 aliphatic carbocycles. The Morgan fingerprint density at radius 1 is 1.12 bits per heavy atom. The van der Waals surface area contributed by atoms with Gasteiger partial charge in [0.1, 0.15) is 12.7 Å². The van der Waals surface area contributed by atoms with Crippen LogP contribution in [0.5, 0.6) is 0 Å².